The summed E-state index contributed by atoms with van der Waals surface area (Å²) in [4.78, 5) is 51.3. The van der Waals surface area contributed by atoms with Crippen molar-refractivity contribution in [3.63, 3.8) is 0 Å². The number of imide groups is 1. The molecular formula is C24H20Cl2N2O5. The lowest BCUT2D eigenvalue weighted by Gasteiger charge is -2.22. The molecule has 0 radical (unpaired) electrons. The summed E-state index contributed by atoms with van der Waals surface area (Å²) in [5, 5.41) is 3.22. The molecule has 9 heteroatoms. The van der Waals surface area contributed by atoms with Crippen molar-refractivity contribution in [3.05, 3.63) is 70.2 Å². The normalized spacial score (nSPS) is 21.7. The SMILES string of the molecule is C[C@@H]1C=CC[C@H]2C(=O)N(c3ccc(C(=O)OCC(=O)Nc4ccc(Cl)cc4Cl)cc3)C(=O)[C@H]12. The molecule has 0 aromatic heterocycles. The number of allylic oxidation sites excluding steroid dienone is 2. The molecule has 1 aliphatic carbocycles. The Labute approximate surface area is 200 Å². The first kappa shape index (κ1) is 23.0. The van der Waals surface area contributed by atoms with Crippen LogP contribution in [-0.4, -0.2) is 30.3 Å². The smallest absolute Gasteiger partial charge is 0.338 e. The Bertz CT molecular complexity index is 1160. The average molecular weight is 487 g/mol. The second kappa shape index (κ2) is 9.37. The lowest BCUT2D eigenvalue weighted by Crippen LogP contribution is -2.31. The van der Waals surface area contributed by atoms with Gasteiger partial charge in [0.15, 0.2) is 6.61 Å². The van der Waals surface area contributed by atoms with E-state index in [-0.39, 0.29) is 40.2 Å². The highest BCUT2D eigenvalue weighted by Gasteiger charge is 2.50. The number of benzene rings is 2. The first-order valence-corrected chi connectivity index (χ1v) is 11.1. The van der Waals surface area contributed by atoms with Crippen LogP contribution < -0.4 is 10.2 Å². The summed E-state index contributed by atoms with van der Waals surface area (Å²) >= 11 is 11.8. The number of fused-ring (bicyclic) bond motifs is 1. The summed E-state index contributed by atoms with van der Waals surface area (Å²) in [6.45, 7) is 1.41. The topological polar surface area (TPSA) is 92.8 Å². The second-order valence-electron chi connectivity index (χ2n) is 7.96. The molecule has 0 bridgehead atoms. The maximum Gasteiger partial charge on any atom is 0.338 e. The van der Waals surface area contributed by atoms with E-state index in [0.717, 1.165) is 0 Å². The quantitative estimate of drug-likeness (QED) is 0.381. The number of ether oxygens (including phenoxy) is 1. The van der Waals surface area contributed by atoms with Crippen LogP contribution in [0.25, 0.3) is 0 Å². The van der Waals surface area contributed by atoms with E-state index >= 15 is 0 Å². The summed E-state index contributed by atoms with van der Waals surface area (Å²) in [5.74, 6) is -2.46. The fraction of sp³-hybridized carbons (Fsp3) is 0.250. The lowest BCUT2D eigenvalue weighted by molar-refractivity contribution is -0.123. The van der Waals surface area contributed by atoms with Gasteiger partial charge in [-0.05, 0) is 54.8 Å². The molecule has 3 atom stereocenters. The fourth-order valence-electron chi connectivity index (χ4n) is 4.14. The van der Waals surface area contributed by atoms with Crippen LogP contribution in [0.1, 0.15) is 23.7 Å². The molecule has 170 valence electrons. The summed E-state index contributed by atoms with van der Waals surface area (Å²) in [5.41, 5.74) is 0.928. The van der Waals surface area contributed by atoms with Crippen LogP contribution in [0, 0.1) is 17.8 Å². The molecule has 33 heavy (non-hydrogen) atoms. The predicted molar refractivity (Wildman–Crippen MR) is 124 cm³/mol. The number of rotatable bonds is 5. The van der Waals surface area contributed by atoms with Crippen LogP contribution in [0.5, 0.6) is 0 Å². The third-order valence-electron chi connectivity index (χ3n) is 5.77. The van der Waals surface area contributed by atoms with Crippen LogP contribution in [0.3, 0.4) is 0 Å². The van der Waals surface area contributed by atoms with Crippen LogP contribution in [0.4, 0.5) is 11.4 Å². The monoisotopic (exact) mass is 486 g/mol. The average Bonchev–Trinajstić information content (AvgIpc) is 3.05. The molecule has 3 amide bonds. The molecule has 1 aliphatic heterocycles. The number of hydrogen-bond donors (Lipinski definition) is 1. The van der Waals surface area contributed by atoms with Gasteiger partial charge >= 0.3 is 5.97 Å². The van der Waals surface area contributed by atoms with Crippen molar-refractivity contribution in [2.75, 3.05) is 16.8 Å². The molecular weight excluding hydrogens is 467 g/mol. The van der Waals surface area contributed by atoms with Crippen molar-refractivity contribution in [1.82, 2.24) is 0 Å². The van der Waals surface area contributed by atoms with Gasteiger partial charge in [-0.2, -0.15) is 0 Å². The molecule has 1 saturated heterocycles. The van der Waals surface area contributed by atoms with E-state index < -0.39 is 18.5 Å². The highest BCUT2D eigenvalue weighted by molar-refractivity contribution is 6.36. The van der Waals surface area contributed by atoms with Gasteiger partial charge in [0.05, 0.1) is 33.8 Å². The van der Waals surface area contributed by atoms with Crippen LogP contribution in [0.2, 0.25) is 10.0 Å². The van der Waals surface area contributed by atoms with E-state index in [1.807, 2.05) is 19.1 Å². The number of esters is 1. The van der Waals surface area contributed by atoms with E-state index in [4.69, 9.17) is 27.9 Å². The number of amides is 3. The number of carbonyl (C=O) groups is 4. The molecule has 0 saturated carbocycles. The van der Waals surface area contributed by atoms with Crippen molar-refractivity contribution in [3.8, 4) is 0 Å². The number of carbonyl (C=O) groups excluding carboxylic acids is 4. The zero-order valence-electron chi connectivity index (χ0n) is 17.6. The van der Waals surface area contributed by atoms with E-state index in [1.54, 1.807) is 6.07 Å². The van der Waals surface area contributed by atoms with Crippen molar-refractivity contribution in [1.29, 1.82) is 0 Å². The second-order valence-corrected chi connectivity index (χ2v) is 8.81. The van der Waals surface area contributed by atoms with Crippen molar-refractivity contribution < 1.29 is 23.9 Å². The van der Waals surface area contributed by atoms with E-state index in [2.05, 4.69) is 5.32 Å². The maximum absolute atomic E-state index is 12.9. The standard InChI is InChI=1S/C24H20Cl2N2O5/c1-13-3-2-4-17-21(13)23(31)28(22(17)30)16-8-5-14(6-9-16)24(32)33-12-20(29)27-19-10-7-15(25)11-18(19)26/h2-3,5-11,13,17,21H,4,12H2,1H3,(H,27,29)/t13-,17-,21-/m1/s1. The fourth-order valence-corrected chi connectivity index (χ4v) is 4.60. The minimum absolute atomic E-state index is 0.00616. The summed E-state index contributed by atoms with van der Waals surface area (Å²) in [7, 11) is 0. The van der Waals surface area contributed by atoms with Gasteiger partial charge < -0.3 is 10.1 Å². The molecule has 4 rings (SSSR count). The largest absolute Gasteiger partial charge is 0.452 e. The van der Waals surface area contributed by atoms with E-state index in [1.165, 1.54) is 41.3 Å². The van der Waals surface area contributed by atoms with Gasteiger partial charge in [0.25, 0.3) is 5.91 Å². The van der Waals surface area contributed by atoms with Gasteiger partial charge in [-0.3, -0.25) is 19.3 Å². The van der Waals surface area contributed by atoms with Gasteiger partial charge in [0.2, 0.25) is 11.8 Å². The number of hydrogen-bond acceptors (Lipinski definition) is 5. The Balaban J connectivity index is 1.37. The highest BCUT2D eigenvalue weighted by Crippen LogP contribution is 2.40. The highest BCUT2D eigenvalue weighted by atomic mass is 35.5. The Kier molecular flexibility index (Phi) is 6.54. The molecule has 1 N–H and O–H groups in total. The Morgan fingerprint density at radius 3 is 2.48 bits per heavy atom. The maximum atomic E-state index is 12.9. The third kappa shape index (κ3) is 4.65. The summed E-state index contributed by atoms with van der Waals surface area (Å²) in [6, 6.07) is 10.5. The van der Waals surface area contributed by atoms with Crippen LogP contribution >= 0.6 is 23.2 Å². The number of nitrogens with one attached hydrogen (secondary N) is 1. The molecule has 0 spiro atoms. The van der Waals surface area contributed by atoms with Gasteiger partial charge in [-0.1, -0.05) is 42.3 Å². The lowest BCUT2D eigenvalue weighted by atomic mass is 9.78. The first-order chi connectivity index (χ1) is 15.8. The van der Waals surface area contributed by atoms with Gasteiger partial charge in [-0.25, -0.2) is 4.79 Å². The van der Waals surface area contributed by atoms with Crippen LogP contribution in [-0.2, 0) is 19.1 Å². The first-order valence-electron chi connectivity index (χ1n) is 10.3. The van der Waals surface area contributed by atoms with E-state index in [9.17, 15) is 19.2 Å². The zero-order valence-corrected chi connectivity index (χ0v) is 19.1. The zero-order chi connectivity index (χ0) is 23.7. The number of halogens is 2. The molecule has 2 aromatic carbocycles. The minimum atomic E-state index is -0.718. The van der Waals surface area contributed by atoms with Gasteiger partial charge in [0.1, 0.15) is 0 Å². The summed E-state index contributed by atoms with van der Waals surface area (Å²) in [6.07, 6.45) is 4.45. The number of anilines is 2. The molecule has 1 heterocycles. The van der Waals surface area contributed by atoms with Gasteiger partial charge in [0, 0.05) is 5.02 Å². The minimum Gasteiger partial charge on any atom is -0.452 e. The molecule has 2 aromatic rings. The van der Waals surface area contributed by atoms with Crippen molar-refractivity contribution in [2.24, 2.45) is 17.8 Å². The molecule has 2 aliphatic rings. The molecule has 1 fully saturated rings. The Morgan fingerprint density at radius 1 is 1.09 bits per heavy atom. The van der Waals surface area contributed by atoms with Gasteiger partial charge in [-0.15, -0.1) is 0 Å². The number of nitrogens with zero attached hydrogens (tertiary/aromatic N) is 1. The Hall–Kier alpha value is -3.16. The third-order valence-corrected chi connectivity index (χ3v) is 6.32. The molecule has 0 unspecified atom stereocenters. The Morgan fingerprint density at radius 2 is 1.82 bits per heavy atom. The van der Waals surface area contributed by atoms with Crippen molar-refractivity contribution >= 4 is 58.3 Å². The summed E-state index contributed by atoms with van der Waals surface area (Å²) < 4.78 is 5.05. The predicted octanol–water partition coefficient (Wildman–Crippen LogP) is 4.49. The van der Waals surface area contributed by atoms with Crippen molar-refractivity contribution in [2.45, 2.75) is 13.3 Å². The van der Waals surface area contributed by atoms with E-state index in [0.29, 0.717) is 22.8 Å². The van der Waals surface area contributed by atoms with Crippen LogP contribution in [0.15, 0.2) is 54.6 Å². The molecule has 7 nitrogen and oxygen atoms in total.